The van der Waals surface area contributed by atoms with Gasteiger partial charge < -0.3 is 0 Å². The molecule has 1 aliphatic rings. The summed E-state index contributed by atoms with van der Waals surface area (Å²) in [4.78, 5) is 4.13. The molecular formula is C12H14N4O2S. The van der Waals surface area contributed by atoms with Gasteiger partial charge in [0.2, 0.25) is 5.95 Å². The van der Waals surface area contributed by atoms with E-state index in [1.807, 2.05) is 6.07 Å². The number of nitrogens with zero attached hydrogens (tertiary/aromatic N) is 3. The van der Waals surface area contributed by atoms with Crippen LogP contribution < -0.4 is 4.72 Å². The molecule has 7 heteroatoms. The van der Waals surface area contributed by atoms with E-state index in [2.05, 4.69) is 14.8 Å². The van der Waals surface area contributed by atoms with Crippen LogP contribution in [-0.2, 0) is 29.9 Å². The Balaban J connectivity index is 1.94. The molecule has 0 aliphatic heterocycles. The SMILES string of the molecule is Cn1ncnc1NS(=O)(=O)c1ccc2c(c1)CCC2. The molecule has 0 amide bonds. The molecule has 3 rings (SSSR count). The van der Waals surface area contributed by atoms with Gasteiger partial charge in [-0.05, 0) is 42.5 Å². The van der Waals surface area contributed by atoms with Crippen molar-refractivity contribution in [2.75, 3.05) is 4.72 Å². The largest absolute Gasteiger partial charge is 0.264 e. The van der Waals surface area contributed by atoms with Crippen molar-refractivity contribution < 1.29 is 8.42 Å². The Morgan fingerprint density at radius 3 is 2.79 bits per heavy atom. The highest BCUT2D eigenvalue weighted by Crippen LogP contribution is 2.25. The van der Waals surface area contributed by atoms with Gasteiger partial charge in [-0.15, -0.1) is 0 Å². The lowest BCUT2D eigenvalue weighted by Crippen LogP contribution is -2.16. The predicted octanol–water partition coefficient (Wildman–Crippen LogP) is 1.10. The second-order valence-corrected chi connectivity index (χ2v) is 6.28. The topological polar surface area (TPSA) is 76.9 Å². The summed E-state index contributed by atoms with van der Waals surface area (Å²) in [5, 5.41) is 3.83. The van der Waals surface area contributed by atoms with Gasteiger partial charge in [0.1, 0.15) is 6.33 Å². The van der Waals surface area contributed by atoms with E-state index in [0.717, 1.165) is 24.8 Å². The predicted molar refractivity (Wildman–Crippen MR) is 70.3 cm³/mol. The Morgan fingerprint density at radius 1 is 1.26 bits per heavy atom. The number of sulfonamides is 1. The van der Waals surface area contributed by atoms with Gasteiger partial charge in [0, 0.05) is 7.05 Å². The van der Waals surface area contributed by atoms with Crippen LogP contribution in [0.2, 0.25) is 0 Å². The summed E-state index contributed by atoms with van der Waals surface area (Å²) < 4.78 is 28.3. The maximum atomic E-state index is 12.3. The molecule has 1 aromatic heterocycles. The first-order valence-corrected chi connectivity index (χ1v) is 7.53. The number of rotatable bonds is 3. The minimum absolute atomic E-state index is 0.209. The molecule has 19 heavy (non-hydrogen) atoms. The molecule has 0 unspecified atom stereocenters. The van der Waals surface area contributed by atoms with Crippen LogP contribution in [0, 0.1) is 0 Å². The van der Waals surface area contributed by atoms with E-state index in [0.29, 0.717) is 0 Å². The van der Waals surface area contributed by atoms with Gasteiger partial charge in [-0.25, -0.2) is 17.8 Å². The minimum Gasteiger partial charge on any atom is -0.247 e. The Labute approximate surface area is 111 Å². The van der Waals surface area contributed by atoms with E-state index in [9.17, 15) is 8.42 Å². The standard InChI is InChI=1S/C12H14N4O2S/c1-16-12(13-8-14-16)15-19(17,18)11-6-5-9-3-2-4-10(9)7-11/h5-8H,2-4H2,1H3,(H,13,14,15). The van der Waals surface area contributed by atoms with Gasteiger partial charge in [0.25, 0.3) is 10.0 Å². The van der Waals surface area contributed by atoms with E-state index in [1.54, 1.807) is 19.2 Å². The molecule has 0 radical (unpaired) electrons. The van der Waals surface area contributed by atoms with Crippen LogP contribution in [-0.4, -0.2) is 23.2 Å². The fraction of sp³-hybridized carbons (Fsp3) is 0.333. The third-order valence-corrected chi connectivity index (χ3v) is 4.64. The summed E-state index contributed by atoms with van der Waals surface area (Å²) >= 11 is 0. The van der Waals surface area contributed by atoms with Crippen molar-refractivity contribution in [1.82, 2.24) is 14.8 Å². The first-order chi connectivity index (χ1) is 9.06. The van der Waals surface area contributed by atoms with Crippen LogP contribution in [0.15, 0.2) is 29.4 Å². The fourth-order valence-corrected chi connectivity index (χ4v) is 3.37. The number of aryl methyl sites for hydroxylation is 3. The molecule has 1 aliphatic carbocycles. The maximum absolute atomic E-state index is 12.3. The van der Waals surface area contributed by atoms with Gasteiger partial charge in [-0.1, -0.05) is 6.07 Å². The van der Waals surface area contributed by atoms with Crippen LogP contribution in [0.3, 0.4) is 0 Å². The molecule has 6 nitrogen and oxygen atoms in total. The molecule has 1 N–H and O–H groups in total. The highest BCUT2D eigenvalue weighted by atomic mass is 32.2. The monoisotopic (exact) mass is 278 g/mol. The fourth-order valence-electron chi connectivity index (χ4n) is 2.28. The molecule has 0 spiro atoms. The lowest BCUT2D eigenvalue weighted by Gasteiger charge is -2.08. The van der Waals surface area contributed by atoms with E-state index >= 15 is 0 Å². The molecule has 0 bridgehead atoms. The third kappa shape index (κ3) is 2.21. The third-order valence-electron chi connectivity index (χ3n) is 3.32. The van der Waals surface area contributed by atoms with Crippen molar-refractivity contribution >= 4 is 16.0 Å². The first-order valence-electron chi connectivity index (χ1n) is 6.05. The molecule has 0 fully saturated rings. The highest BCUT2D eigenvalue weighted by molar-refractivity contribution is 7.92. The van der Waals surface area contributed by atoms with Crippen molar-refractivity contribution in [2.24, 2.45) is 7.05 Å². The Kier molecular flexibility index (Phi) is 2.78. The molecule has 2 aromatic rings. The minimum atomic E-state index is -3.60. The van der Waals surface area contributed by atoms with Gasteiger partial charge >= 0.3 is 0 Å². The summed E-state index contributed by atoms with van der Waals surface area (Å²) in [6.45, 7) is 0. The first kappa shape index (κ1) is 12.2. The zero-order valence-electron chi connectivity index (χ0n) is 10.5. The number of nitrogens with one attached hydrogen (secondary N) is 1. The smallest absolute Gasteiger partial charge is 0.247 e. The van der Waals surface area contributed by atoms with Crippen molar-refractivity contribution in [2.45, 2.75) is 24.2 Å². The van der Waals surface area contributed by atoms with Crippen LogP contribution in [0.25, 0.3) is 0 Å². The van der Waals surface area contributed by atoms with E-state index in [4.69, 9.17) is 0 Å². The summed E-state index contributed by atoms with van der Waals surface area (Å²) in [5.41, 5.74) is 2.37. The normalized spacial score (nSPS) is 14.4. The Morgan fingerprint density at radius 2 is 2.05 bits per heavy atom. The lowest BCUT2D eigenvalue weighted by molar-refractivity contribution is 0.600. The highest BCUT2D eigenvalue weighted by Gasteiger charge is 2.19. The van der Waals surface area contributed by atoms with E-state index < -0.39 is 10.0 Å². The molecule has 1 heterocycles. The summed E-state index contributed by atoms with van der Waals surface area (Å²) in [5.74, 6) is 0.209. The van der Waals surface area contributed by atoms with Gasteiger partial charge in [0.05, 0.1) is 4.90 Å². The number of hydrogen-bond acceptors (Lipinski definition) is 4. The molecule has 1 aromatic carbocycles. The zero-order valence-corrected chi connectivity index (χ0v) is 11.3. The van der Waals surface area contributed by atoms with E-state index in [1.165, 1.54) is 16.6 Å². The van der Waals surface area contributed by atoms with Crippen LogP contribution in [0.1, 0.15) is 17.5 Å². The summed E-state index contributed by atoms with van der Waals surface area (Å²) in [6.07, 6.45) is 4.38. The molecule has 0 saturated carbocycles. The lowest BCUT2D eigenvalue weighted by atomic mass is 10.1. The quantitative estimate of drug-likeness (QED) is 0.912. The van der Waals surface area contributed by atoms with Crippen molar-refractivity contribution in [1.29, 1.82) is 0 Å². The average molecular weight is 278 g/mol. The second-order valence-electron chi connectivity index (χ2n) is 4.60. The average Bonchev–Trinajstić information content (AvgIpc) is 2.97. The number of hydrogen-bond donors (Lipinski definition) is 1. The summed E-state index contributed by atoms with van der Waals surface area (Å²) in [7, 11) is -1.97. The van der Waals surface area contributed by atoms with E-state index in [-0.39, 0.29) is 10.8 Å². The Bertz CT molecular complexity index is 721. The Hall–Kier alpha value is -1.89. The number of aromatic nitrogens is 3. The van der Waals surface area contributed by atoms with Crippen molar-refractivity contribution in [3.63, 3.8) is 0 Å². The van der Waals surface area contributed by atoms with Gasteiger partial charge in [-0.2, -0.15) is 10.1 Å². The second kappa shape index (κ2) is 4.34. The maximum Gasteiger partial charge on any atom is 0.264 e. The summed E-state index contributed by atoms with van der Waals surface area (Å²) in [6, 6.07) is 5.29. The van der Waals surface area contributed by atoms with Crippen LogP contribution in [0.4, 0.5) is 5.95 Å². The van der Waals surface area contributed by atoms with Crippen LogP contribution >= 0.6 is 0 Å². The number of anilines is 1. The van der Waals surface area contributed by atoms with Gasteiger partial charge in [-0.3, -0.25) is 0 Å². The zero-order chi connectivity index (χ0) is 13.5. The van der Waals surface area contributed by atoms with Gasteiger partial charge in [0.15, 0.2) is 0 Å². The number of benzene rings is 1. The van der Waals surface area contributed by atoms with Crippen molar-refractivity contribution in [3.05, 3.63) is 35.7 Å². The molecule has 0 atom stereocenters. The molecule has 0 saturated heterocycles. The molecular weight excluding hydrogens is 264 g/mol. The van der Waals surface area contributed by atoms with Crippen LogP contribution in [0.5, 0.6) is 0 Å². The number of fused-ring (bicyclic) bond motifs is 1. The molecule has 100 valence electrons. The van der Waals surface area contributed by atoms with Crippen molar-refractivity contribution in [3.8, 4) is 0 Å².